The maximum atomic E-state index is 12.8. The van der Waals surface area contributed by atoms with Crippen LogP contribution in [-0.4, -0.2) is 25.3 Å². The summed E-state index contributed by atoms with van der Waals surface area (Å²) in [7, 11) is -5.74. The molecule has 0 spiro atoms. The molecule has 2 aromatic carbocycles. The van der Waals surface area contributed by atoms with Crippen molar-refractivity contribution in [3.8, 4) is 0 Å². The van der Waals surface area contributed by atoms with Crippen LogP contribution in [0.1, 0.15) is 5.56 Å². The lowest BCUT2D eigenvalue weighted by molar-refractivity contribution is -0.172. The summed E-state index contributed by atoms with van der Waals surface area (Å²) in [5.41, 5.74) is -3.37. The van der Waals surface area contributed by atoms with E-state index in [0.29, 0.717) is 10.8 Å². The average molecular weight is 384 g/mol. The summed E-state index contributed by atoms with van der Waals surface area (Å²) in [6, 6.07) is 10.4. The molecule has 2 rings (SSSR count). The third kappa shape index (κ3) is 4.51. The molecule has 0 aromatic heterocycles. The Hall–Kier alpha value is -2.07. The lowest BCUT2D eigenvalue weighted by Gasteiger charge is -2.19. The van der Waals surface area contributed by atoms with Crippen LogP contribution in [0.3, 0.4) is 0 Å². The summed E-state index contributed by atoms with van der Waals surface area (Å²) in [5.74, 6) is 0. The number of rotatable bonds is 3. The van der Waals surface area contributed by atoms with E-state index in [4.69, 9.17) is 4.55 Å². The van der Waals surface area contributed by atoms with Crippen molar-refractivity contribution in [2.45, 2.75) is 18.8 Å². The zero-order valence-electron chi connectivity index (χ0n) is 12.2. The molecule has 0 bridgehead atoms. The van der Waals surface area contributed by atoms with E-state index in [1.807, 2.05) is 0 Å². The first-order valence-electron chi connectivity index (χ1n) is 6.63. The molecule has 3 nitrogen and oxygen atoms in total. The summed E-state index contributed by atoms with van der Waals surface area (Å²) < 4.78 is 108. The van der Waals surface area contributed by atoms with E-state index >= 15 is 0 Å². The third-order valence-electron chi connectivity index (χ3n) is 3.34. The number of allylic oxidation sites excluding steroid dienone is 2. The predicted molar refractivity (Wildman–Crippen MR) is 78.3 cm³/mol. The highest BCUT2D eigenvalue weighted by molar-refractivity contribution is 7.89. The average Bonchev–Trinajstić information content (AvgIpc) is 2.42. The first-order valence-corrected chi connectivity index (χ1v) is 8.07. The van der Waals surface area contributed by atoms with Gasteiger partial charge >= 0.3 is 12.4 Å². The highest BCUT2D eigenvalue weighted by Gasteiger charge is 2.54. The van der Waals surface area contributed by atoms with Gasteiger partial charge in [-0.05, 0) is 16.3 Å². The van der Waals surface area contributed by atoms with Gasteiger partial charge in [0.25, 0.3) is 10.1 Å². The fourth-order valence-corrected chi connectivity index (χ4v) is 3.16. The number of fused-ring (bicyclic) bond motifs is 1. The van der Waals surface area contributed by atoms with Crippen molar-refractivity contribution >= 4 is 20.9 Å². The van der Waals surface area contributed by atoms with Gasteiger partial charge < -0.3 is 0 Å². The summed E-state index contributed by atoms with van der Waals surface area (Å²) in [5, 5.41) is 1.16. The van der Waals surface area contributed by atoms with Crippen LogP contribution in [0.15, 0.2) is 52.9 Å². The zero-order chi connectivity index (χ0) is 19.0. The van der Waals surface area contributed by atoms with Gasteiger partial charge in [0, 0.05) is 6.42 Å². The van der Waals surface area contributed by atoms with Gasteiger partial charge in [-0.25, -0.2) is 0 Å². The molecule has 0 saturated carbocycles. The third-order valence-corrected chi connectivity index (χ3v) is 4.31. The molecule has 0 amide bonds. The monoisotopic (exact) mass is 384 g/mol. The first-order chi connectivity index (χ1) is 11.3. The summed E-state index contributed by atoms with van der Waals surface area (Å²) in [6.07, 6.45) is -13.3. The number of benzene rings is 2. The minimum Gasteiger partial charge on any atom is -0.282 e. The van der Waals surface area contributed by atoms with Crippen molar-refractivity contribution in [2.75, 3.05) is 0 Å². The smallest absolute Gasteiger partial charge is 0.282 e. The first kappa shape index (κ1) is 19.3. The molecule has 10 heteroatoms. The fraction of sp³-hybridized carbons (Fsp3) is 0.200. The standard InChI is InChI=1S/C15H10F6O3S/c16-14(17,18)13(15(19,20)21)12(25(22,23)24)8-9-5-6-10-3-1-2-4-11(10)7-9/h1-7H,8H2,(H,22,23,24). The van der Waals surface area contributed by atoms with Gasteiger partial charge in [0.15, 0.2) is 5.57 Å². The largest absolute Gasteiger partial charge is 0.422 e. The van der Waals surface area contributed by atoms with Crippen molar-refractivity contribution in [2.24, 2.45) is 0 Å². The molecule has 0 unspecified atom stereocenters. The second-order valence-electron chi connectivity index (χ2n) is 5.13. The minimum absolute atomic E-state index is 0.127. The molecular weight excluding hydrogens is 374 g/mol. The van der Waals surface area contributed by atoms with Crippen molar-refractivity contribution < 1.29 is 39.3 Å². The fourth-order valence-electron chi connectivity index (χ4n) is 2.32. The van der Waals surface area contributed by atoms with E-state index in [1.54, 1.807) is 24.3 Å². The Balaban J connectivity index is 2.67. The van der Waals surface area contributed by atoms with Crippen LogP contribution >= 0.6 is 0 Å². The molecule has 0 heterocycles. The zero-order valence-corrected chi connectivity index (χ0v) is 13.0. The Morgan fingerprint density at radius 2 is 1.40 bits per heavy atom. The van der Waals surface area contributed by atoms with Crippen LogP contribution in [0.2, 0.25) is 0 Å². The van der Waals surface area contributed by atoms with Gasteiger partial charge in [0.05, 0.1) is 4.91 Å². The van der Waals surface area contributed by atoms with Crippen LogP contribution in [0.4, 0.5) is 26.3 Å². The molecule has 0 radical (unpaired) electrons. The van der Waals surface area contributed by atoms with Crippen LogP contribution in [-0.2, 0) is 16.5 Å². The van der Waals surface area contributed by atoms with Gasteiger partial charge in [0.1, 0.15) is 0 Å². The molecule has 2 aromatic rings. The van der Waals surface area contributed by atoms with Crippen molar-refractivity contribution in [1.82, 2.24) is 0 Å². The molecule has 0 atom stereocenters. The highest BCUT2D eigenvalue weighted by atomic mass is 32.2. The maximum Gasteiger partial charge on any atom is 0.422 e. The van der Waals surface area contributed by atoms with Crippen molar-refractivity contribution in [3.63, 3.8) is 0 Å². The number of alkyl halides is 6. The topological polar surface area (TPSA) is 54.4 Å². The van der Waals surface area contributed by atoms with Crippen molar-refractivity contribution in [3.05, 3.63) is 58.5 Å². The van der Waals surface area contributed by atoms with Crippen LogP contribution in [0, 0.1) is 0 Å². The van der Waals surface area contributed by atoms with Gasteiger partial charge in [-0.3, -0.25) is 4.55 Å². The molecule has 0 aliphatic heterocycles. The Morgan fingerprint density at radius 1 is 0.880 bits per heavy atom. The lowest BCUT2D eigenvalue weighted by Crippen LogP contribution is -2.30. The lowest BCUT2D eigenvalue weighted by atomic mass is 10.0. The predicted octanol–water partition coefficient (Wildman–Crippen LogP) is 4.65. The van der Waals surface area contributed by atoms with Crippen LogP contribution in [0.25, 0.3) is 10.8 Å². The second kappa shape index (κ2) is 6.34. The molecule has 0 fully saturated rings. The van der Waals surface area contributed by atoms with E-state index in [0.717, 1.165) is 0 Å². The molecule has 1 N–H and O–H groups in total. The molecule has 0 aliphatic rings. The Labute approximate surface area is 138 Å². The van der Waals surface area contributed by atoms with E-state index in [2.05, 4.69) is 0 Å². The van der Waals surface area contributed by atoms with E-state index in [-0.39, 0.29) is 5.56 Å². The SMILES string of the molecule is O=S(=O)(O)C(Cc1ccc2ccccc2c1)=C(C(F)(F)F)C(F)(F)F. The molecule has 0 saturated heterocycles. The van der Waals surface area contributed by atoms with Gasteiger partial charge in [-0.2, -0.15) is 34.8 Å². The quantitative estimate of drug-likeness (QED) is 0.619. The number of hydrogen-bond donors (Lipinski definition) is 1. The Bertz CT molecular complexity index is 910. The Morgan fingerprint density at radius 3 is 1.88 bits per heavy atom. The van der Waals surface area contributed by atoms with Crippen LogP contribution < -0.4 is 0 Å². The maximum absolute atomic E-state index is 12.8. The number of hydrogen-bond acceptors (Lipinski definition) is 2. The highest BCUT2D eigenvalue weighted by Crippen LogP contribution is 2.42. The van der Waals surface area contributed by atoms with Gasteiger partial charge in [0.2, 0.25) is 0 Å². The molecule has 25 heavy (non-hydrogen) atoms. The molecular formula is C15H10F6O3S. The second-order valence-corrected chi connectivity index (χ2v) is 6.57. The molecule has 0 aliphatic carbocycles. The van der Waals surface area contributed by atoms with E-state index in [1.165, 1.54) is 18.2 Å². The minimum atomic E-state index is -6.00. The van der Waals surface area contributed by atoms with Crippen LogP contribution in [0.5, 0.6) is 0 Å². The Kier molecular flexibility index (Phi) is 4.88. The van der Waals surface area contributed by atoms with E-state index in [9.17, 15) is 34.8 Å². The molecule has 136 valence electrons. The van der Waals surface area contributed by atoms with Crippen molar-refractivity contribution in [1.29, 1.82) is 0 Å². The van der Waals surface area contributed by atoms with Gasteiger partial charge in [-0.1, -0.05) is 42.5 Å². The normalized spacial score (nSPS) is 13.1. The number of halogens is 6. The summed E-state index contributed by atoms with van der Waals surface area (Å²) in [4.78, 5) is -2.14. The van der Waals surface area contributed by atoms with Gasteiger partial charge in [-0.15, -0.1) is 0 Å². The van der Waals surface area contributed by atoms with E-state index < -0.39 is 39.4 Å². The summed E-state index contributed by atoms with van der Waals surface area (Å²) in [6.45, 7) is 0. The summed E-state index contributed by atoms with van der Waals surface area (Å²) >= 11 is 0.